The molecule has 2 atom stereocenters. The lowest BCUT2D eigenvalue weighted by molar-refractivity contribution is -0.160. The van der Waals surface area contributed by atoms with Gasteiger partial charge in [0.1, 0.15) is 28.8 Å². The molecule has 1 N–H and O–H groups in total. The van der Waals surface area contributed by atoms with Gasteiger partial charge < -0.3 is 24.2 Å². The molecule has 2 aromatic carbocycles. The van der Waals surface area contributed by atoms with Crippen LogP contribution >= 0.6 is 0 Å². The van der Waals surface area contributed by atoms with Crippen molar-refractivity contribution in [3.05, 3.63) is 71.4 Å². The van der Waals surface area contributed by atoms with Crippen molar-refractivity contribution in [2.45, 2.75) is 97.1 Å². The van der Waals surface area contributed by atoms with Crippen molar-refractivity contribution >= 4 is 17.4 Å². The SMILES string of the molecule is Cc1cc2nc3cn2c(c1[C@H](OC(C)(C)C)C(=O)O)N1CCC(C)(CC1)OCCCC[C@@H](C)Oc1cc(F)cc(F)c1-c1cccc-3c1. The minimum absolute atomic E-state index is 0.150. The monoisotopic (exact) mass is 661 g/mol. The number of pyridine rings is 1. The minimum atomic E-state index is -1.21. The van der Waals surface area contributed by atoms with Gasteiger partial charge in [-0.1, -0.05) is 18.2 Å². The van der Waals surface area contributed by atoms with Crippen LogP contribution in [0.15, 0.2) is 48.7 Å². The molecule has 0 amide bonds. The number of anilines is 1. The number of ether oxygens (including phenoxy) is 3. The number of nitrogens with zero attached hydrogens (tertiary/aromatic N) is 3. The van der Waals surface area contributed by atoms with Crippen LogP contribution in [0.25, 0.3) is 28.0 Å². The molecule has 1 fully saturated rings. The number of carboxylic acids is 1. The molecule has 4 aromatic rings. The van der Waals surface area contributed by atoms with Crippen LogP contribution in [0, 0.1) is 18.6 Å². The number of piperidine rings is 1. The summed E-state index contributed by atoms with van der Waals surface area (Å²) in [4.78, 5) is 20.0. The zero-order chi connectivity index (χ0) is 34.4. The molecule has 48 heavy (non-hydrogen) atoms. The second-order valence-electron chi connectivity index (χ2n) is 14.4. The molecule has 0 spiro atoms. The van der Waals surface area contributed by atoms with Crippen LogP contribution in [0.5, 0.6) is 5.75 Å². The summed E-state index contributed by atoms with van der Waals surface area (Å²) < 4.78 is 50.7. The first-order valence-electron chi connectivity index (χ1n) is 16.8. The summed E-state index contributed by atoms with van der Waals surface area (Å²) in [7, 11) is 0. The first-order chi connectivity index (χ1) is 22.7. The zero-order valence-corrected chi connectivity index (χ0v) is 28.6. The average Bonchev–Trinajstić information content (AvgIpc) is 3.42. The maximum Gasteiger partial charge on any atom is 0.337 e. The predicted molar refractivity (Wildman–Crippen MR) is 182 cm³/mol. The van der Waals surface area contributed by atoms with Crippen molar-refractivity contribution < 1.29 is 32.9 Å². The van der Waals surface area contributed by atoms with Crippen LogP contribution < -0.4 is 9.64 Å². The number of imidazole rings is 1. The van der Waals surface area contributed by atoms with Gasteiger partial charge in [-0.3, -0.25) is 4.40 Å². The Labute approximate surface area is 280 Å². The lowest BCUT2D eigenvalue weighted by Crippen LogP contribution is -2.45. The van der Waals surface area contributed by atoms with Crippen LogP contribution in [-0.2, 0) is 14.3 Å². The van der Waals surface area contributed by atoms with Crippen LogP contribution in [0.1, 0.15) is 84.0 Å². The Balaban J connectivity index is 1.55. The molecule has 1 saturated heterocycles. The normalized spacial score (nSPS) is 21.2. The van der Waals surface area contributed by atoms with E-state index in [1.165, 1.54) is 6.07 Å². The predicted octanol–water partition coefficient (Wildman–Crippen LogP) is 8.52. The van der Waals surface area contributed by atoms with Gasteiger partial charge in [-0.2, -0.15) is 0 Å². The molecule has 6 bridgehead atoms. The van der Waals surface area contributed by atoms with Gasteiger partial charge in [-0.05, 0) is 96.9 Å². The Bertz CT molecular complexity index is 1820. The molecule has 8 nitrogen and oxygen atoms in total. The molecule has 0 unspecified atom stereocenters. The third-order valence-corrected chi connectivity index (χ3v) is 9.30. The minimum Gasteiger partial charge on any atom is -0.490 e. The number of hydrogen-bond donors (Lipinski definition) is 1. The van der Waals surface area contributed by atoms with Crippen molar-refractivity contribution in [2.75, 3.05) is 24.6 Å². The average molecular weight is 662 g/mol. The van der Waals surface area contributed by atoms with Crippen LogP contribution in [-0.4, -0.2) is 57.5 Å². The smallest absolute Gasteiger partial charge is 0.337 e. The standard InChI is InChI=1S/C38H45F2N3O5/c1-23-18-31-41-29-22-43(31)35(32(23)34(36(44)45)48-37(3,4)5)42-15-13-38(6,14-16-42)46-17-8-7-10-24(2)47-30-21-27(39)20-28(40)33(30)26-12-9-11-25(29)19-26/h9,11-12,18-22,24,34H,7-8,10,13-17H2,1-6H3,(H,44,45)/t24-,34+/m1/s1. The summed E-state index contributed by atoms with van der Waals surface area (Å²) in [5.41, 5.74) is 3.00. The fraction of sp³-hybridized carbons (Fsp3) is 0.474. The molecule has 0 aliphatic carbocycles. The van der Waals surface area contributed by atoms with Crippen LogP contribution in [0.3, 0.4) is 0 Å². The van der Waals surface area contributed by atoms with Crippen LogP contribution in [0.2, 0.25) is 0 Å². The second-order valence-corrected chi connectivity index (χ2v) is 14.4. The first-order valence-corrected chi connectivity index (χ1v) is 16.8. The number of hydrogen-bond acceptors (Lipinski definition) is 6. The third kappa shape index (κ3) is 7.05. The van der Waals surface area contributed by atoms with E-state index in [9.17, 15) is 14.3 Å². The number of carboxylic acid groups (broad SMARTS) is 1. The number of carbonyl (C=O) groups is 1. The molecule has 7 rings (SSSR count). The van der Waals surface area contributed by atoms with Crippen molar-refractivity contribution in [3.63, 3.8) is 0 Å². The topological polar surface area (TPSA) is 85.5 Å². The number of aromatic nitrogens is 2. The maximum absolute atomic E-state index is 15.5. The molecule has 3 aliphatic heterocycles. The largest absolute Gasteiger partial charge is 0.490 e. The molecule has 0 radical (unpaired) electrons. The quantitative estimate of drug-likeness (QED) is 0.236. The zero-order valence-electron chi connectivity index (χ0n) is 28.6. The lowest BCUT2D eigenvalue weighted by Gasteiger charge is -2.41. The van der Waals surface area contributed by atoms with Gasteiger partial charge in [-0.25, -0.2) is 18.6 Å². The number of rotatable bonds is 3. The highest BCUT2D eigenvalue weighted by molar-refractivity contribution is 5.80. The highest BCUT2D eigenvalue weighted by Gasteiger charge is 2.37. The maximum atomic E-state index is 15.5. The van der Waals surface area contributed by atoms with Gasteiger partial charge in [0.2, 0.25) is 0 Å². The van der Waals surface area contributed by atoms with Crippen molar-refractivity contribution in [2.24, 2.45) is 0 Å². The second kappa shape index (κ2) is 13.1. The Morgan fingerprint density at radius 2 is 1.83 bits per heavy atom. The molecular formula is C38H45F2N3O5. The van der Waals surface area contributed by atoms with Gasteiger partial charge in [0.15, 0.2) is 6.10 Å². The molecule has 10 heteroatoms. The molecular weight excluding hydrogens is 616 g/mol. The summed E-state index contributed by atoms with van der Waals surface area (Å²) in [6.07, 6.45) is 4.31. The van der Waals surface area contributed by atoms with Crippen molar-refractivity contribution in [1.82, 2.24) is 9.38 Å². The molecule has 256 valence electrons. The number of fused-ring (bicyclic) bond motifs is 8. The van der Waals surface area contributed by atoms with E-state index in [0.717, 1.165) is 48.7 Å². The van der Waals surface area contributed by atoms with E-state index in [2.05, 4.69) is 11.8 Å². The van der Waals surface area contributed by atoms with Crippen LogP contribution in [0.4, 0.5) is 14.6 Å². The van der Waals surface area contributed by atoms with E-state index < -0.39 is 29.3 Å². The van der Waals surface area contributed by atoms with Crippen molar-refractivity contribution in [3.8, 4) is 28.1 Å². The Morgan fingerprint density at radius 1 is 1.10 bits per heavy atom. The Morgan fingerprint density at radius 3 is 2.54 bits per heavy atom. The molecule has 2 aromatic heterocycles. The van der Waals surface area contributed by atoms with Gasteiger partial charge in [-0.15, -0.1) is 0 Å². The molecule has 5 heterocycles. The van der Waals surface area contributed by atoms with E-state index in [-0.39, 0.29) is 23.0 Å². The van der Waals surface area contributed by atoms with E-state index in [4.69, 9.17) is 19.2 Å². The van der Waals surface area contributed by atoms with E-state index in [1.54, 1.807) is 6.07 Å². The lowest BCUT2D eigenvalue weighted by atomic mass is 9.92. The summed E-state index contributed by atoms with van der Waals surface area (Å²) in [6, 6.07) is 11.3. The van der Waals surface area contributed by atoms with Crippen molar-refractivity contribution in [1.29, 1.82) is 0 Å². The summed E-state index contributed by atoms with van der Waals surface area (Å²) >= 11 is 0. The highest BCUT2D eigenvalue weighted by atomic mass is 19.1. The molecule has 3 aliphatic rings. The number of aliphatic carboxylic acids is 1. The van der Waals surface area contributed by atoms with E-state index >= 15 is 4.39 Å². The van der Waals surface area contributed by atoms with Gasteiger partial charge in [0.25, 0.3) is 0 Å². The fourth-order valence-electron chi connectivity index (χ4n) is 6.84. The van der Waals surface area contributed by atoms with E-state index in [1.807, 2.05) is 69.5 Å². The van der Waals surface area contributed by atoms with Gasteiger partial charge in [0.05, 0.1) is 28.6 Å². The summed E-state index contributed by atoms with van der Waals surface area (Å²) in [6.45, 7) is 13.4. The van der Waals surface area contributed by atoms with Gasteiger partial charge in [0, 0.05) is 49.2 Å². The third-order valence-electron chi connectivity index (χ3n) is 9.30. The Kier molecular flexibility index (Phi) is 9.26. The summed E-state index contributed by atoms with van der Waals surface area (Å²) in [5.74, 6) is -1.61. The molecule has 0 saturated carbocycles. The number of benzene rings is 2. The number of aryl methyl sites for hydroxylation is 1. The number of halogens is 2. The highest BCUT2D eigenvalue weighted by Crippen LogP contribution is 2.41. The van der Waals surface area contributed by atoms with E-state index in [0.29, 0.717) is 48.6 Å². The van der Waals surface area contributed by atoms with Gasteiger partial charge >= 0.3 is 5.97 Å². The summed E-state index contributed by atoms with van der Waals surface area (Å²) in [5, 5.41) is 10.5. The Hall–Kier alpha value is -4.02. The first kappa shape index (κ1) is 33.9. The fourth-order valence-corrected chi connectivity index (χ4v) is 6.84.